The van der Waals surface area contributed by atoms with Gasteiger partial charge in [-0.3, -0.25) is 4.68 Å². The third-order valence-electron chi connectivity index (χ3n) is 1.98. The summed E-state index contributed by atoms with van der Waals surface area (Å²) in [6.45, 7) is 8.66. The lowest BCUT2D eigenvalue weighted by Crippen LogP contribution is -2.22. The van der Waals surface area contributed by atoms with Gasteiger partial charge in [0.05, 0.1) is 11.4 Å². The van der Waals surface area contributed by atoms with Crippen LogP contribution in [-0.2, 0) is 12.5 Å². The van der Waals surface area contributed by atoms with Crippen LogP contribution in [0, 0.1) is 6.92 Å². The van der Waals surface area contributed by atoms with Gasteiger partial charge in [-0.25, -0.2) is 0 Å². The van der Waals surface area contributed by atoms with Crippen LogP contribution in [-0.4, -0.2) is 9.78 Å². The van der Waals surface area contributed by atoms with Crippen LogP contribution in [0.4, 0.5) is 0 Å². The first-order valence-corrected chi connectivity index (χ1v) is 4.71. The summed E-state index contributed by atoms with van der Waals surface area (Å²) in [4.78, 5) is 0. The lowest BCUT2D eigenvalue weighted by molar-refractivity contribution is 0.526. The zero-order chi connectivity index (χ0) is 9.52. The smallest absolute Gasteiger partial charge is 0.0668 e. The van der Waals surface area contributed by atoms with Crippen LogP contribution in [0.15, 0.2) is 0 Å². The van der Waals surface area contributed by atoms with Crippen molar-refractivity contribution in [1.82, 2.24) is 9.78 Å². The minimum atomic E-state index is 0.174. The first kappa shape index (κ1) is 9.73. The molecule has 1 heterocycles. The predicted molar refractivity (Wildman–Crippen MR) is 56.0 cm³/mol. The molecule has 1 atom stereocenters. The van der Waals surface area contributed by atoms with Gasteiger partial charge in [-0.05, 0) is 6.92 Å². The molecule has 1 rings (SSSR count). The lowest BCUT2D eigenvalue weighted by Gasteiger charge is -2.19. The number of nitrogens with zero attached hydrogens (tertiary/aromatic N) is 2. The van der Waals surface area contributed by atoms with Crippen molar-refractivity contribution in [3.05, 3.63) is 11.4 Å². The van der Waals surface area contributed by atoms with Crippen molar-refractivity contribution in [3.63, 3.8) is 0 Å². The largest absolute Gasteiger partial charge is 0.271 e. The van der Waals surface area contributed by atoms with Crippen LogP contribution in [0.1, 0.15) is 32.2 Å². The molecule has 1 aromatic rings. The summed E-state index contributed by atoms with van der Waals surface area (Å²) >= 11 is 0. The maximum atomic E-state index is 4.37. The van der Waals surface area contributed by atoms with E-state index in [-0.39, 0.29) is 5.41 Å². The second kappa shape index (κ2) is 2.85. The molecule has 0 spiro atoms. The van der Waals surface area contributed by atoms with E-state index in [1.54, 1.807) is 0 Å². The molecule has 0 aliphatic heterocycles. The van der Waals surface area contributed by atoms with E-state index in [1.807, 2.05) is 18.7 Å². The second-order valence-electron chi connectivity index (χ2n) is 4.22. The van der Waals surface area contributed by atoms with Crippen LogP contribution in [0.5, 0.6) is 0 Å². The molecule has 1 unspecified atom stereocenters. The Hall–Kier alpha value is -0.360. The van der Waals surface area contributed by atoms with E-state index in [4.69, 9.17) is 0 Å². The Bertz CT molecular complexity index is 294. The Kier molecular flexibility index (Phi) is 2.31. The number of aromatic nitrogens is 2. The Morgan fingerprint density at radius 3 is 2.00 bits per heavy atom. The third-order valence-corrected chi connectivity index (χ3v) is 2.67. The molecular formula is C9H17N2P. The highest BCUT2D eigenvalue weighted by atomic mass is 31.0. The summed E-state index contributed by atoms with van der Waals surface area (Å²) in [5, 5.41) is 5.61. The maximum Gasteiger partial charge on any atom is 0.0668 e. The van der Waals surface area contributed by atoms with Gasteiger partial charge >= 0.3 is 0 Å². The van der Waals surface area contributed by atoms with Crippen molar-refractivity contribution < 1.29 is 0 Å². The van der Waals surface area contributed by atoms with Gasteiger partial charge < -0.3 is 0 Å². The highest BCUT2D eigenvalue weighted by Crippen LogP contribution is 2.22. The quantitative estimate of drug-likeness (QED) is 0.559. The first-order valence-electron chi connectivity index (χ1n) is 4.13. The van der Waals surface area contributed by atoms with E-state index in [9.17, 15) is 0 Å². The van der Waals surface area contributed by atoms with Crippen molar-refractivity contribution >= 4 is 14.5 Å². The molecule has 1 aromatic heterocycles. The van der Waals surface area contributed by atoms with Crippen LogP contribution >= 0.6 is 9.24 Å². The van der Waals surface area contributed by atoms with Gasteiger partial charge in [0.1, 0.15) is 0 Å². The van der Waals surface area contributed by atoms with Crippen molar-refractivity contribution in [2.45, 2.75) is 33.1 Å². The van der Waals surface area contributed by atoms with E-state index in [2.05, 4.69) is 35.1 Å². The Labute approximate surface area is 76.6 Å². The second-order valence-corrected chi connectivity index (χ2v) is 4.80. The molecule has 12 heavy (non-hydrogen) atoms. The monoisotopic (exact) mass is 184 g/mol. The van der Waals surface area contributed by atoms with Crippen molar-refractivity contribution in [2.75, 3.05) is 0 Å². The maximum absolute atomic E-state index is 4.37. The molecule has 2 nitrogen and oxygen atoms in total. The Morgan fingerprint density at radius 1 is 1.33 bits per heavy atom. The summed E-state index contributed by atoms with van der Waals surface area (Å²) in [5.74, 6) is 0. The average Bonchev–Trinajstić information content (AvgIpc) is 2.05. The fourth-order valence-electron chi connectivity index (χ4n) is 1.56. The first-order chi connectivity index (χ1) is 5.34. The number of hydrogen-bond donors (Lipinski definition) is 0. The van der Waals surface area contributed by atoms with Crippen molar-refractivity contribution in [2.24, 2.45) is 7.05 Å². The molecule has 0 bridgehead atoms. The summed E-state index contributed by atoms with van der Waals surface area (Å²) in [6, 6.07) is 0. The summed E-state index contributed by atoms with van der Waals surface area (Å²) < 4.78 is 1.97. The average molecular weight is 184 g/mol. The number of rotatable bonds is 0. The van der Waals surface area contributed by atoms with Crippen LogP contribution in [0.2, 0.25) is 0 Å². The van der Waals surface area contributed by atoms with Gasteiger partial charge in [0.2, 0.25) is 0 Å². The van der Waals surface area contributed by atoms with E-state index in [0.29, 0.717) is 0 Å². The Balaban J connectivity index is 3.32. The van der Waals surface area contributed by atoms with Gasteiger partial charge in [-0.1, -0.05) is 20.8 Å². The lowest BCUT2D eigenvalue weighted by atomic mass is 9.92. The van der Waals surface area contributed by atoms with Crippen LogP contribution < -0.4 is 5.30 Å². The summed E-state index contributed by atoms with van der Waals surface area (Å²) in [7, 11) is 4.77. The van der Waals surface area contributed by atoms with Gasteiger partial charge in [0.25, 0.3) is 0 Å². The minimum absolute atomic E-state index is 0.174. The van der Waals surface area contributed by atoms with Crippen LogP contribution in [0.3, 0.4) is 0 Å². The topological polar surface area (TPSA) is 17.8 Å². The zero-order valence-corrected chi connectivity index (χ0v) is 9.63. The molecule has 0 N–H and O–H groups in total. The van der Waals surface area contributed by atoms with Crippen molar-refractivity contribution in [1.29, 1.82) is 0 Å². The fourth-order valence-corrected chi connectivity index (χ4v) is 2.24. The van der Waals surface area contributed by atoms with Gasteiger partial charge in [-0.2, -0.15) is 5.10 Å². The summed E-state index contributed by atoms with van der Waals surface area (Å²) in [6.07, 6.45) is 0. The standard InChI is InChI=1S/C9H17N2P/c1-6-7(12)8(9(2,3)4)11(5)10-6/h12H2,1-5H3. The molecule has 0 amide bonds. The summed E-state index contributed by atoms with van der Waals surface area (Å²) in [5.41, 5.74) is 2.57. The van der Waals surface area contributed by atoms with Crippen LogP contribution in [0.25, 0.3) is 0 Å². The molecule has 0 aromatic carbocycles. The molecule has 68 valence electrons. The van der Waals surface area contributed by atoms with Gasteiger partial charge in [-0.15, -0.1) is 9.24 Å². The third kappa shape index (κ3) is 1.54. The highest BCUT2D eigenvalue weighted by Gasteiger charge is 2.22. The van der Waals surface area contributed by atoms with E-state index >= 15 is 0 Å². The highest BCUT2D eigenvalue weighted by molar-refractivity contribution is 7.27. The molecular weight excluding hydrogens is 167 g/mol. The molecule has 0 aliphatic rings. The normalized spacial score (nSPS) is 12.2. The van der Waals surface area contributed by atoms with Crippen molar-refractivity contribution in [3.8, 4) is 0 Å². The molecule has 0 fully saturated rings. The Morgan fingerprint density at radius 2 is 1.83 bits per heavy atom. The SMILES string of the molecule is Cc1nn(C)c(C(C)(C)C)c1P. The van der Waals surface area contributed by atoms with E-state index in [1.165, 1.54) is 11.0 Å². The molecule has 3 heteroatoms. The number of aryl methyl sites for hydroxylation is 2. The zero-order valence-electron chi connectivity index (χ0n) is 8.47. The molecule has 0 saturated heterocycles. The molecule has 0 aliphatic carbocycles. The van der Waals surface area contributed by atoms with E-state index in [0.717, 1.165) is 5.69 Å². The van der Waals surface area contributed by atoms with E-state index < -0.39 is 0 Å². The molecule has 0 radical (unpaired) electrons. The number of hydrogen-bond acceptors (Lipinski definition) is 1. The van der Waals surface area contributed by atoms with Gasteiger partial charge in [0.15, 0.2) is 0 Å². The minimum Gasteiger partial charge on any atom is -0.271 e. The van der Waals surface area contributed by atoms with Gasteiger partial charge in [0, 0.05) is 17.8 Å². The molecule has 0 saturated carbocycles. The fraction of sp³-hybridized carbons (Fsp3) is 0.667. The predicted octanol–water partition coefficient (Wildman–Crippen LogP) is 1.53.